The fourth-order valence-corrected chi connectivity index (χ4v) is 3.15. The first-order valence-corrected chi connectivity index (χ1v) is 8.70. The maximum atomic E-state index is 13.1. The molecule has 0 radical (unpaired) electrons. The summed E-state index contributed by atoms with van der Waals surface area (Å²) in [4.78, 5) is 41.5. The molecule has 0 aliphatic rings. The number of nitrogens with two attached hydrogens (primary N) is 1. The second-order valence-corrected chi connectivity index (χ2v) is 7.03. The minimum absolute atomic E-state index is 0.187. The lowest BCUT2D eigenvalue weighted by atomic mass is 10.2. The maximum absolute atomic E-state index is 13.1. The summed E-state index contributed by atoms with van der Waals surface area (Å²) in [5, 5.41) is 4.53. The van der Waals surface area contributed by atoms with Gasteiger partial charge in [0.15, 0.2) is 11.2 Å². The third kappa shape index (κ3) is 2.86. The van der Waals surface area contributed by atoms with E-state index in [1.54, 1.807) is 9.25 Å². The average molecular weight is 385 g/mol. The van der Waals surface area contributed by atoms with E-state index in [9.17, 15) is 14.4 Å². The molecule has 0 saturated carbocycles. The lowest BCUT2D eigenvalue weighted by Gasteiger charge is -2.11. The van der Waals surface area contributed by atoms with Crippen LogP contribution < -0.4 is 17.0 Å². The number of imidazole rings is 1. The minimum Gasteiger partial charge on any atom is -0.368 e. The lowest BCUT2D eigenvalue weighted by Crippen LogP contribution is -2.42. The number of rotatable bonds is 5. The largest absolute Gasteiger partial charge is 0.368 e. The number of nitrogens with zero attached hydrogens (tertiary/aromatic N) is 6. The van der Waals surface area contributed by atoms with E-state index in [1.807, 2.05) is 27.7 Å². The van der Waals surface area contributed by atoms with Gasteiger partial charge < -0.3 is 5.73 Å². The third-order valence-corrected chi connectivity index (χ3v) is 4.80. The number of aryl methyl sites for hydroxylation is 2. The van der Waals surface area contributed by atoms with E-state index < -0.39 is 23.7 Å². The van der Waals surface area contributed by atoms with Gasteiger partial charge in [0, 0.05) is 19.3 Å². The van der Waals surface area contributed by atoms with E-state index in [1.165, 1.54) is 11.6 Å². The Bertz CT molecular complexity index is 1250. The van der Waals surface area contributed by atoms with Crippen LogP contribution in [0.2, 0.25) is 0 Å². The number of hydrogen-bond acceptors (Lipinski definition) is 5. The summed E-state index contributed by atoms with van der Waals surface area (Å²) in [5.74, 6) is -0.380. The van der Waals surface area contributed by atoms with Crippen molar-refractivity contribution in [3.8, 4) is 5.95 Å². The molecule has 10 heteroatoms. The molecule has 0 saturated heterocycles. The number of aromatic nitrogens is 6. The van der Waals surface area contributed by atoms with Crippen LogP contribution in [-0.4, -0.2) is 34.4 Å². The number of fused-ring (bicyclic) bond motifs is 1. The number of hydrogen-bond donors (Lipinski definition) is 1. The summed E-state index contributed by atoms with van der Waals surface area (Å²) in [5.41, 5.74) is 7.82. The molecule has 3 aromatic rings. The summed E-state index contributed by atoms with van der Waals surface area (Å²) >= 11 is 0. The van der Waals surface area contributed by atoms with E-state index in [-0.39, 0.29) is 11.2 Å². The molecule has 3 rings (SSSR count). The second kappa shape index (κ2) is 6.63. The molecule has 2 N–H and O–H groups in total. The first kappa shape index (κ1) is 19.3. The fraction of sp³-hybridized carbons (Fsp3) is 0.389. The Morgan fingerprint density at radius 2 is 1.79 bits per heavy atom. The van der Waals surface area contributed by atoms with Crippen molar-refractivity contribution in [3.05, 3.63) is 49.9 Å². The molecule has 0 atom stereocenters. The van der Waals surface area contributed by atoms with Gasteiger partial charge in [0.25, 0.3) is 5.56 Å². The van der Waals surface area contributed by atoms with Gasteiger partial charge in [-0.2, -0.15) is 10.1 Å². The van der Waals surface area contributed by atoms with Crippen molar-refractivity contribution in [1.29, 1.82) is 0 Å². The summed E-state index contributed by atoms with van der Waals surface area (Å²) in [6, 6.07) is 0. The van der Waals surface area contributed by atoms with Crippen LogP contribution in [0.3, 0.4) is 0 Å². The molecule has 3 heterocycles. The summed E-state index contributed by atoms with van der Waals surface area (Å²) in [7, 11) is 1.50. The Hall–Kier alpha value is -3.43. The Morgan fingerprint density at radius 3 is 2.29 bits per heavy atom. The van der Waals surface area contributed by atoms with Crippen LogP contribution in [0.25, 0.3) is 17.1 Å². The van der Waals surface area contributed by atoms with Crippen molar-refractivity contribution in [3.63, 3.8) is 0 Å². The first-order chi connectivity index (χ1) is 13.0. The standard InChI is InChI=1S/C18H23N7O3/c1-9(2)7-23-14-15(20-17(23)25-12(5)10(3)11(4)21-25)22(6)18(28)24(16(14)27)8-13(19)26/h1,7-8H2,2-6H3,(H2,19,26). The minimum atomic E-state index is -0.779. The Balaban J connectivity index is 2.48. The van der Waals surface area contributed by atoms with Gasteiger partial charge in [0.1, 0.15) is 6.54 Å². The molecule has 0 bridgehead atoms. The van der Waals surface area contributed by atoms with Crippen LogP contribution in [0, 0.1) is 20.8 Å². The van der Waals surface area contributed by atoms with Gasteiger partial charge in [-0.3, -0.25) is 18.7 Å². The zero-order chi connectivity index (χ0) is 20.9. The van der Waals surface area contributed by atoms with Crippen LogP contribution >= 0.6 is 0 Å². The Kier molecular flexibility index (Phi) is 4.58. The van der Waals surface area contributed by atoms with Crippen LogP contribution in [0.5, 0.6) is 0 Å². The van der Waals surface area contributed by atoms with Crippen LogP contribution in [0.1, 0.15) is 23.9 Å². The third-order valence-electron chi connectivity index (χ3n) is 4.80. The molecule has 0 fully saturated rings. The molecule has 148 valence electrons. The van der Waals surface area contributed by atoms with Crippen LogP contribution in [-0.2, 0) is 24.9 Å². The van der Waals surface area contributed by atoms with Crippen molar-refractivity contribution in [2.45, 2.75) is 40.8 Å². The lowest BCUT2D eigenvalue weighted by molar-refractivity contribution is -0.118. The van der Waals surface area contributed by atoms with Crippen molar-refractivity contribution < 1.29 is 4.79 Å². The zero-order valence-corrected chi connectivity index (χ0v) is 16.6. The average Bonchev–Trinajstić information content (AvgIpc) is 3.09. The Labute approximate surface area is 160 Å². The molecule has 0 aromatic carbocycles. The van der Waals surface area contributed by atoms with Crippen molar-refractivity contribution in [2.75, 3.05) is 0 Å². The molecule has 0 aliphatic heterocycles. The van der Waals surface area contributed by atoms with Gasteiger partial charge in [0.05, 0.1) is 5.69 Å². The topological polar surface area (TPSA) is 123 Å². The Morgan fingerprint density at radius 1 is 1.14 bits per heavy atom. The molecule has 0 unspecified atom stereocenters. The van der Waals surface area contributed by atoms with E-state index in [4.69, 9.17) is 5.73 Å². The number of allylic oxidation sites excluding steroid dienone is 1. The monoisotopic (exact) mass is 385 g/mol. The van der Waals surface area contributed by atoms with Crippen LogP contribution in [0.4, 0.5) is 0 Å². The van der Waals surface area contributed by atoms with Crippen molar-refractivity contribution in [2.24, 2.45) is 12.8 Å². The SMILES string of the molecule is C=C(C)Cn1c(-n2nc(C)c(C)c2C)nc2c1c(=O)n(CC(N)=O)c(=O)n2C. The summed E-state index contributed by atoms with van der Waals surface area (Å²) < 4.78 is 5.36. The van der Waals surface area contributed by atoms with E-state index in [0.717, 1.165) is 27.1 Å². The highest BCUT2D eigenvalue weighted by Gasteiger charge is 2.23. The van der Waals surface area contributed by atoms with Crippen molar-refractivity contribution in [1.82, 2.24) is 28.5 Å². The molecular formula is C18H23N7O3. The summed E-state index contributed by atoms with van der Waals surface area (Å²) in [6.07, 6.45) is 0. The number of carbonyl (C=O) groups is 1. The molecular weight excluding hydrogens is 362 g/mol. The number of carbonyl (C=O) groups excluding carboxylic acids is 1. The molecule has 28 heavy (non-hydrogen) atoms. The highest BCUT2D eigenvalue weighted by atomic mass is 16.2. The second-order valence-electron chi connectivity index (χ2n) is 7.03. The fourth-order valence-electron chi connectivity index (χ4n) is 3.15. The molecule has 3 aromatic heterocycles. The molecule has 10 nitrogen and oxygen atoms in total. The predicted molar refractivity (Wildman–Crippen MR) is 105 cm³/mol. The molecule has 0 spiro atoms. The van der Waals surface area contributed by atoms with Crippen LogP contribution in [0.15, 0.2) is 21.7 Å². The van der Waals surface area contributed by atoms with Gasteiger partial charge in [-0.1, -0.05) is 12.2 Å². The van der Waals surface area contributed by atoms with Gasteiger partial charge in [-0.05, 0) is 33.3 Å². The highest BCUT2D eigenvalue weighted by Crippen LogP contribution is 2.20. The van der Waals surface area contributed by atoms with E-state index in [0.29, 0.717) is 12.5 Å². The zero-order valence-electron chi connectivity index (χ0n) is 16.6. The smallest absolute Gasteiger partial charge is 0.332 e. The summed E-state index contributed by atoms with van der Waals surface area (Å²) in [6.45, 7) is 11.3. The maximum Gasteiger partial charge on any atom is 0.332 e. The highest BCUT2D eigenvalue weighted by molar-refractivity contribution is 5.75. The van der Waals surface area contributed by atoms with Crippen molar-refractivity contribution >= 4 is 17.1 Å². The normalized spacial score (nSPS) is 11.3. The van der Waals surface area contributed by atoms with Gasteiger partial charge >= 0.3 is 5.69 Å². The van der Waals surface area contributed by atoms with E-state index in [2.05, 4.69) is 16.7 Å². The van der Waals surface area contributed by atoms with Gasteiger partial charge in [-0.25, -0.2) is 14.0 Å². The number of amides is 1. The molecule has 1 amide bonds. The molecule has 0 aliphatic carbocycles. The quantitative estimate of drug-likeness (QED) is 0.623. The van der Waals surface area contributed by atoms with E-state index >= 15 is 0 Å². The number of primary amides is 1. The first-order valence-electron chi connectivity index (χ1n) is 8.70. The predicted octanol–water partition coefficient (Wildman–Crippen LogP) is 0.0691. The van der Waals surface area contributed by atoms with Gasteiger partial charge in [0.2, 0.25) is 11.9 Å². The van der Waals surface area contributed by atoms with Gasteiger partial charge in [-0.15, -0.1) is 0 Å².